The number of carbonyl (C=O) groups is 1. The van der Waals surface area contributed by atoms with Crippen LogP contribution in [-0.4, -0.2) is 5.91 Å². The SMILES string of the molecule is CC(Cc1ccccc1)C(N)=O.Cl. The van der Waals surface area contributed by atoms with Gasteiger partial charge in [0.05, 0.1) is 0 Å². The molecule has 2 N–H and O–H groups in total. The fourth-order valence-corrected chi connectivity index (χ4v) is 1.07. The molecule has 2 nitrogen and oxygen atoms in total. The number of hydrogen-bond acceptors (Lipinski definition) is 1. The van der Waals surface area contributed by atoms with Crippen molar-refractivity contribution in [2.75, 3.05) is 0 Å². The lowest BCUT2D eigenvalue weighted by Gasteiger charge is -2.05. The van der Waals surface area contributed by atoms with Crippen LogP contribution < -0.4 is 5.73 Å². The zero-order chi connectivity index (χ0) is 8.97. The van der Waals surface area contributed by atoms with Gasteiger partial charge in [-0.3, -0.25) is 4.79 Å². The second-order valence-corrected chi connectivity index (χ2v) is 2.99. The summed E-state index contributed by atoms with van der Waals surface area (Å²) in [5, 5.41) is 0. The van der Waals surface area contributed by atoms with Crippen molar-refractivity contribution in [3.8, 4) is 0 Å². The minimum Gasteiger partial charge on any atom is -0.369 e. The molecule has 0 radical (unpaired) electrons. The van der Waals surface area contributed by atoms with Crippen molar-refractivity contribution in [1.29, 1.82) is 0 Å². The Morgan fingerprint density at radius 3 is 2.38 bits per heavy atom. The predicted octanol–water partition coefficient (Wildman–Crippen LogP) is 1.77. The van der Waals surface area contributed by atoms with Crippen LogP contribution in [0.15, 0.2) is 30.3 Å². The van der Waals surface area contributed by atoms with Crippen molar-refractivity contribution in [3.63, 3.8) is 0 Å². The van der Waals surface area contributed by atoms with Crippen LogP contribution in [0, 0.1) is 5.92 Å². The summed E-state index contributed by atoms with van der Waals surface area (Å²) >= 11 is 0. The number of rotatable bonds is 3. The number of primary amides is 1. The summed E-state index contributed by atoms with van der Waals surface area (Å²) in [6.07, 6.45) is 0.732. The molecule has 0 bridgehead atoms. The monoisotopic (exact) mass is 199 g/mol. The third-order valence-electron chi connectivity index (χ3n) is 1.87. The number of nitrogens with two attached hydrogens (primary N) is 1. The van der Waals surface area contributed by atoms with E-state index in [-0.39, 0.29) is 24.2 Å². The highest BCUT2D eigenvalue weighted by Gasteiger charge is 2.08. The van der Waals surface area contributed by atoms with E-state index in [1.54, 1.807) is 0 Å². The fourth-order valence-electron chi connectivity index (χ4n) is 1.07. The van der Waals surface area contributed by atoms with Gasteiger partial charge in [-0.2, -0.15) is 0 Å². The summed E-state index contributed by atoms with van der Waals surface area (Å²) in [7, 11) is 0. The Morgan fingerprint density at radius 2 is 1.92 bits per heavy atom. The highest BCUT2D eigenvalue weighted by Crippen LogP contribution is 2.06. The minimum absolute atomic E-state index is 0. The number of carbonyl (C=O) groups excluding carboxylic acids is 1. The molecule has 0 aliphatic carbocycles. The van der Waals surface area contributed by atoms with Crippen LogP contribution >= 0.6 is 12.4 Å². The molecule has 0 saturated carbocycles. The van der Waals surface area contributed by atoms with E-state index in [4.69, 9.17) is 5.73 Å². The van der Waals surface area contributed by atoms with E-state index < -0.39 is 0 Å². The van der Waals surface area contributed by atoms with Gasteiger partial charge < -0.3 is 5.73 Å². The molecule has 1 aromatic rings. The van der Waals surface area contributed by atoms with Gasteiger partial charge in [-0.25, -0.2) is 0 Å². The Hall–Kier alpha value is -1.02. The molecule has 1 amide bonds. The van der Waals surface area contributed by atoms with Crippen molar-refractivity contribution >= 4 is 18.3 Å². The van der Waals surface area contributed by atoms with Crippen LogP contribution in [-0.2, 0) is 11.2 Å². The number of amides is 1. The van der Waals surface area contributed by atoms with Crippen LogP contribution in [0.1, 0.15) is 12.5 Å². The maximum absolute atomic E-state index is 10.7. The summed E-state index contributed by atoms with van der Waals surface area (Å²) in [6, 6.07) is 9.88. The van der Waals surface area contributed by atoms with Crippen LogP contribution in [0.4, 0.5) is 0 Å². The molecule has 0 spiro atoms. The molecule has 0 saturated heterocycles. The van der Waals surface area contributed by atoms with Crippen LogP contribution in [0.2, 0.25) is 0 Å². The fraction of sp³-hybridized carbons (Fsp3) is 0.300. The molecule has 13 heavy (non-hydrogen) atoms. The van der Waals surface area contributed by atoms with Crippen molar-refractivity contribution in [2.45, 2.75) is 13.3 Å². The predicted molar refractivity (Wildman–Crippen MR) is 55.8 cm³/mol. The van der Waals surface area contributed by atoms with Gasteiger partial charge in [-0.05, 0) is 12.0 Å². The largest absolute Gasteiger partial charge is 0.369 e. The maximum Gasteiger partial charge on any atom is 0.220 e. The summed E-state index contributed by atoms with van der Waals surface area (Å²) in [4.78, 5) is 10.7. The summed E-state index contributed by atoms with van der Waals surface area (Å²) in [5.74, 6) is -0.314. The smallest absolute Gasteiger partial charge is 0.220 e. The van der Waals surface area contributed by atoms with Gasteiger partial charge in [0.15, 0.2) is 0 Å². The van der Waals surface area contributed by atoms with Gasteiger partial charge in [0, 0.05) is 5.92 Å². The molecule has 0 aromatic heterocycles. The molecule has 72 valence electrons. The Balaban J connectivity index is 0.00000144. The summed E-state index contributed by atoms with van der Waals surface area (Å²) < 4.78 is 0. The van der Waals surface area contributed by atoms with Crippen LogP contribution in [0.3, 0.4) is 0 Å². The molecule has 1 rings (SSSR count). The third kappa shape index (κ3) is 3.95. The lowest BCUT2D eigenvalue weighted by molar-refractivity contribution is -0.121. The molecule has 1 aromatic carbocycles. The lowest BCUT2D eigenvalue weighted by atomic mass is 10.0. The molecule has 0 aliphatic heterocycles. The van der Waals surface area contributed by atoms with Gasteiger partial charge >= 0.3 is 0 Å². The standard InChI is InChI=1S/C10H13NO.ClH/c1-8(10(11)12)7-9-5-3-2-4-6-9;/h2-6,8H,7H2,1H3,(H2,11,12);1H. The Kier molecular flexibility index (Phi) is 5.16. The molecule has 0 fully saturated rings. The quantitative estimate of drug-likeness (QED) is 0.793. The van der Waals surface area contributed by atoms with E-state index in [1.165, 1.54) is 0 Å². The molecule has 3 heteroatoms. The average molecular weight is 200 g/mol. The summed E-state index contributed by atoms with van der Waals surface area (Å²) in [6.45, 7) is 1.84. The highest BCUT2D eigenvalue weighted by molar-refractivity contribution is 5.85. The Bertz CT molecular complexity index is 261. The van der Waals surface area contributed by atoms with Crippen LogP contribution in [0.25, 0.3) is 0 Å². The van der Waals surface area contributed by atoms with Gasteiger partial charge in [-0.15, -0.1) is 12.4 Å². The first-order valence-corrected chi connectivity index (χ1v) is 4.03. The second-order valence-electron chi connectivity index (χ2n) is 2.99. The highest BCUT2D eigenvalue weighted by atomic mass is 35.5. The van der Waals surface area contributed by atoms with Crippen molar-refractivity contribution in [2.24, 2.45) is 11.7 Å². The Labute approximate surface area is 84.5 Å². The number of benzene rings is 1. The zero-order valence-electron chi connectivity index (χ0n) is 7.57. The van der Waals surface area contributed by atoms with E-state index in [0.717, 1.165) is 12.0 Å². The number of halogens is 1. The molecule has 0 aliphatic rings. The molecular formula is C10H14ClNO. The molecule has 1 atom stereocenters. The van der Waals surface area contributed by atoms with Crippen molar-refractivity contribution < 1.29 is 4.79 Å². The topological polar surface area (TPSA) is 43.1 Å². The van der Waals surface area contributed by atoms with Gasteiger partial charge in [0.25, 0.3) is 0 Å². The average Bonchev–Trinajstić information content (AvgIpc) is 2.06. The Morgan fingerprint density at radius 1 is 1.38 bits per heavy atom. The van der Waals surface area contributed by atoms with E-state index >= 15 is 0 Å². The molecular weight excluding hydrogens is 186 g/mol. The third-order valence-corrected chi connectivity index (χ3v) is 1.87. The first-order valence-electron chi connectivity index (χ1n) is 4.03. The summed E-state index contributed by atoms with van der Waals surface area (Å²) in [5.41, 5.74) is 6.30. The molecule has 1 unspecified atom stereocenters. The van der Waals surface area contributed by atoms with Crippen molar-refractivity contribution in [1.82, 2.24) is 0 Å². The first kappa shape index (κ1) is 12.0. The number of hydrogen-bond donors (Lipinski definition) is 1. The van der Waals surface area contributed by atoms with E-state index in [9.17, 15) is 4.79 Å². The first-order chi connectivity index (χ1) is 5.70. The van der Waals surface area contributed by atoms with Crippen molar-refractivity contribution in [3.05, 3.63) is 35.9 Å². The van der Waals surface area contributed by atoms with E-state index in [1.807, 2.05) is 37.3 Å². The maximum atomic E-state index is 10.7. The minimum atomic E-state index is -0.237. The lowest BCUT2D eigenvalue weighted by Crippen LogP contribution is -2.22. The van der Waals surface area contributed by atoms with Crippen LogP contribution in [0.5, 0.6) is 0 Å². The van der Waals surface area contributed by atoms with Gasteiger partial charge in [0.2, 0.25) is 5.91 Å². The van der Waals surface area contributed by atoms with E-state index in [2.05, 4.69) is 0 Å². The zero-order valence-corrected chi connectivity index (χ0v) is 8.38. The van der Waals surface area contributed by atoms with E-state index in [0.29, 0.717) is 0 Å². The molecule has 0 heterocycles. The van der Waals surface area contributed by atoms with Gasteiger partial charge in [0.1, 0.15) is 0 Å². The van der Waals surface area contributed by atoms with Gasteiger partial charge in [-0.1, -0.05) is 37.3 Å². The normalized spacial score (nSPS) is 11.5. The second kappa shape index (κ2) is 5.60.